The molecular formula is C22H19ClN4O3S2. The fourth-order valence-corrected chi connectivity index (χ4v) is 4.61. The van der Waals surface area contributed by atoms with Crippen LogP contribution >= 0.6 is 35.6 Å². The molecule has 1 aliphatic rings. The number of nitrogens with zero attached hydrogens (tertiary/aromatic N) is 3. The van der Waals surface area contributed by atoms with Gasteiger partial charge < -0.3 is 10.4 Å². The van der Waals surface area contributed by atoms with E-state index in [1.54, 1.807) is 37.4 Å². The summed E-state index contributed by atoms with van der Waals surface area (Å²) in [4.78, 5) is 32.6. The van der Waals surface area contributed by atoms with Crippen molar-refractivity contribution in [2.75, 3.05) is 11.9 Å². The largest absolute Gasteiger partial charge is 0.392 e. The van der Waals surface area contributed by atoms with Crippen LogP contribution < -0.4 is 10.9 Å². The molecule has 2 aromatic heterocycles. The van der Waals surface area contributed by atoms with Crippen LogP contribution in [0.5, 0.6) is 0 Å². The zero-order valence-corrected chi connectivity index (χ0v) is 19.4. The maximum atomic E-state index is 13.2. The van der Waals surface area contributed by atoms with Gasteiger partial charge in [0.15, 0.2) is 0 Å². The molecule has 0 saturated carbocycles. The monoisotopic (exact) mass is 486 g/mol. The molecule has 32 heavy (non-hydrogen) atoms. The number of pyridine rings is 1. The molecule has 4 rings (SSSR count). The van der Waals surface area contributed by atoms with Crippen molar-refractivity contribution in [1.29, 1.82) is 0 Å². The van der Waals surface area contributed by atoms with E-state index in [4.69, 9.17) is 23.8 Å². The van der Waals surface area contributed by atoms with Crippen molar-refractivity contribution in [3.8, 4) is 0 Å². The minimum Gasteiger partial charge on any atom is -0.392 e. The van der Waals surface area contributed by atoms with Gasteiger partial charge in [-0.25, -0.2) is 4.98 Å². The van der Waals surface area contributed by atoms with Gasteiger partial charge >= 0.3 is 0 Å². The number of carbonyl (C=O) groups is 1. The average molecular weight is 487 g/mol. The zero-order valence-electron chi connectivity index (χ0n) is 17.0. The molecule has 0 bridgehead atoms. The van der Waals surface area contributed by atoms with E-state index in [2.05, 4.69) is 10.3 Å². The third-order valence-electron chi connectivity index (χ3n) is 4.77. The molecule has 1 aromatic carbocycles. The van der Waals surface area contributed by atoms with Gasteiger partial charge in [0.1, 0.15) is 15.8 Å². The van der Waals surface area contributed by atoms with Crippen LogP contribution in [0.4, 0.5) is 5.82 Å². The predicted molar refractivity (Wildman–Crippen MR) is 132 cm³/mol. The quantitative estimate of drug-likeness (QED) is 0.407. The average Bonchev–Trinajstić information content (AvgIpc) is 3.03. The Bertz CT molecular complexity index is 1310. The molecule has 0 aliphatic carbocycles. The number of thioether (sulfide) groups is 1. The van der Waals surface area contributed by atoms with Gasteiger partial charge in [-0.15, -0.1) is 0 Å². The van der Waals surface area contributed by atoms with Crippen LogP contribution in [0, 0.1) is 0 Å². The molecule has 164 valence electrons. The van der Waals surface area contributed by atoms with E-state index >= 15 is 0 Å². The lowest BCUT2D eigenvalue weighted by Gasteiger charge is -2.15. The number of carbonyl (C=O) groups excluding carboxylic acids is 1. The molecule has 1 fully saturated rings. The van der Waals surface area contributed by atoms with Gasteiger partial charge in [-0.3, -0.25) is 18.9 Å². The number of halogens is 1. The Balaban J connectivity index is 1.73. The summed E-state index contributed by atoms with van der Waals surface area (Å²) in [5, 5.41) is 13.2. The molecule has 0 radical (unpaired) electrons. The highest BCUT2D eigenvalue weighted by Crippen LogP contribution is 2.34. The lowest BCUT2D eigenvalue weighted by molar-refractivity contribution is -0.122. The summed E-state index contributed by atoms with van der Waals surface area (Å²) >= 11 is 12.8. The Morgan fingerprint density at radius 1 is 1.25 bits per heavy atom. The van der Waals surface area contributed by atoms with E-state index in [1.807, 2.05) is 18.2 Å². The van der Waals surface area contributed by atoms with Crippen LogP contribution in [0.1, 0.15) is 18.1 Å². The van der Waals surface area contributed by atoms with Gasteiger partial charge in [0, 0.05) is 17.8 Å². The Morgan fingerprint density at radius 3 is 2.75 bits per heavy atom. The number of aliphatic hydroxyl groups is 1. The van der Waals surface area contributed by atoms with Crippen LogP contribution in [-0.4, -0.2) is 42.3 Å². The van der Waals surface area contributed by atoms with Crippen molar-refractivity contribution in [3.63, 3.8) is 0 Å². The highest BCUT2D eigenvalue weighted by molar-refractivity contribution is 8.26. The van der Waals surface area contributed by atoms with Crippen LogP contribution in [-0.2, 0) is 11.3 Å². The molecule has 1 amide bonds. The molecule has 1 unspecified atom stereocenters. The minimum absolute atomic E-state index is 0.198. The topological polar surface area (TPSA) is 86.9 Å². The van der Waals surface area contributed by atoms with E-state index in [1.165, 1.54) is 15.4 Å². The first-order chi connectivity index (χ1) is 15.3. The van der Waals surface area contributed by atoms with E-state index in [0.29, 0.717) is 25.7 Å². The number of aromatic nitrogens is 2. The van der Waals surface area contributed by atoms with Gasteiger partial charge in [-0.05, 0) is 36.8 Å². The number of thiocarbonyl (C=S) groups is 1. The number of fused-ring (bicyclic) bond motifs is 1. The molecule has 1 aliphatic heterocycles. The molecule has 1 saturated heterocycles. The number of rotatable bonds is 6. The number of amides is 1. The fourth-order valence-electron chi connectivity index (χ4n) is 3.18. The van der Waals surface area contributed by atoms with Crippen molar-refractivity contribution in [1.82, 2.24) is 14.3 Å². The summed E-state index contributed by atoms with van der Waals surface area (Å²) in [5.74, 6) is -0.0163. The third-order valence-corrected chi connectivity index (χ3v) is 6.52. The molecule has 2 N–H and O–H groups in total. The number of benzene rings is 1. The molecule has 1 atom stereocenters. The fraction of sp³-hybridized carbons (Fsp3) is 0.182. The summed E-state index contributed by atoms with van der Waals surface area (Å²) in [7, 11) is 0. The first-order valence-corrected chi connectivity index (χ1v) is 11.4. The summed E-state index contributed by atoms with van der Waals surface area (Å²) in [6.45, 7) is 2.06. The van der Waals surface area contributed by atoms with Crippen LogP contribution in [0.2, 0.25) is 5.02 Å². The number of anilines is 1. The lowest BCUT2D eigenvalue weighted by atomic mass is 10.2. The van der Waals surface area contributed by atoms with Gasteiger partial charge in [-0.2, -0.15) is 0 Å². The second-order valence-corrected chi connectivity index (χ2v) is 9.28. The number of aliphatic hydroxyl groups excluding tert-OH is 1. The first-order valence-electron chi connectivity index (χ1n) is 9.77. The Kier molecular flexibility index (Phi) is 6.61. The molecule has 3 aromatic rings. The van der Waals surface area contributed by atoms with Crippen LogP contribution in [0.25, 0.3) is 11.7 Å². The van der Waals surface area contributed by atoms with Crippen LogP contribution in [0.15, 0.2) is 58.4 Å². The van der Waals surface area contributed by atoms with Crippen molar-refractivity contribution in [3.05, 3.63) is 80.1 Å². The smallest absolute Gasteiger partial charge is 0.267 e. The number of hydrogen-bond acceptors (Lipinski definition) is 7. The van der Waals surface area contributed by atoms with Gasteiger partial charge in [0.05, 0.1) is 23.1 Å². The lowest BCUT2D eigenvalue weighted by Crippen LogP contribution is -2.27. The Labute approximate surface area is 198 Å². The van der Waals surface area contributed by atoms with E-state index in [9.17, 15) is 14.7 Å². The Hall–Kier alpha value is -2.72. The van der Waals surface area contributed by atoms with Gasteiger partial charge in [-0.1, -0.05) is 59.8 Å². The second kappa shape index (κ2) is 9.41. The van der Waals surface area contributed by atoms with Crippen molar-refractivity contribution >= 4 is 63.3 Å². The predicted octanol–water partition coefficient (Wildman–Crippen LogP) is 3.54. The number of hydrogen-bond donors (Lipinski definition) is 2. The van der Waals surface area contributed by atoms with Gasteiger partial charge in [0.2, 0.25) is 0 Å². The first kappa shape index (κ1) is 22.5. The zero-order chi connectivity index (χ0) is 22.8. The summed E-state index contributed by atoms with van der Waals surface area (Å²) in [6.07, 6.45) is 2.47. The highest BCUT2D eigenvalue weighted by atomic mass is 35.5. The molecular weight excluding hydrogens is 468 g/mol. The van der Waals surface area contributed by atoms with Crippen molar-refractivity contribution < 1.29 is 9.90 Å². The molecule has 10 heteroatoms. The summed E-state index contributed by atoms with van der Waals surface area (Å²) < 4.78 is 1.79. The number of nitrogens with one attached hydrogen (secondary N) is 1. The van der Waals surface area contributed by atoms with Crippen LogP contribution in [0.3, 0.4) is 0 Å². The van der Waals surface area contributed by atoms with E-state index in [0.717, 1.165) is 17.3 Å². The van der Waals surface area contributed by atoms with Crippen molar-refractivity contribution in [2.45, 2.75) is 19.6 Å². The molecule has 0 spiro atoms. The standard InChI is InChI=1S/C22H19ClN4O3S2/c1-13(28)11-24-19-15(20(29)26-9-5-4-8-18(26)25-19)10-17-21(30)27(22(31)32-17)12-14-6-2-3-7-16(14)23/h2-10,13,24,28H,11-12H2,1H3/b17-10-. The molecule has 3 heterocycles. The van der Waals surface area contributed by atoms with Gasteiger partial charge in [0.25, 0.3) is 11.5 Å². The van der Waals surface area contributed by atoms with E-state index < -0.39 is 6.10 Å². The second-order valence-electron chi connectivity index (χ2n) is 7.20. The minimum atomic E-state index is -0.646. The van der Waals surface area contributed by atoms with Crippen molar-refractivity contribution in [2.24, 2.45) is 0 Å². The maximum absolute atomic E-state index is 13.2. The Morgan fingerprint density at radius 2 is 2.00 bits per heavy atom. The highest BCUT2D eigenvalue weighted by Gasteiger charge is 2.33. The third kappa shape index (κ3) is 4.56. The summed E-state index contributed by atoms with van der Waals surface area (Å²) in [6, 6.07) is 12.5. The maximum Gasteiger partial charge on any atom is 0.267 e. The molecule has 7 nitrogen and oxygen atoms in total. The normalized spacial score (nSPS) is 16.2. The summed E-state index contributed by atoms with van der Waals surface area (Å²) in [5.41, 5.74) is 1.11. The SMILES string of the molecule is CC(O)CNc1nc2ccccn2c(=O)c1/C=C1\SC(=S)N(Cc2ccccc2Cl)C1=O. The van der Waals surface area contributed by atoms with E-state index in [-0.39, 0.29) is 30.1 Å².